The zero-order valence-electron chi connectivity index (χ0n) is 14.0. The molecule has 0 aliphatic carbocycles. The number of rotatable bonds is 3. The van der Waals surface area contributed by atoms with E-state index in [1.165, 1.54) is 0 Å². The van der Waals surface area contributed by atoms with Crippen LogP contribution in [0.4, 0.5) is 5.82 Å². The molecule has 24 heavy (non-hydrogen) atoms. The van der Waals surface area contributed by atoms with Crippen molar-refractivity contribution >= 4 is 29.4 Å². The Labute approximate surface area is 145 Å². The number of hydrogen-bond acceptors (Lipinski definition) is 6. The van der Waals surface area contributed by atoms with Crippen LogP contribution < -0.4 is 4.90 Å². The van der Waals surface area contributed by atoms with E-state index < -0.39 is 6.04 Å². The van der Waals surface area contributed by atoms with E-state index in [4.69, 9.17) is 4.74 Å². The fourth-order valence-electron chi connectivity index (χ4n) is 2.78. The lowest BCUT2D eigenvalue weighted by atomic mass is 10.2. The number of amides is 2. The van der Waals surface area contributed by atoms with Gasteiger partial charge in [-0.05, 0) is 12.1 Å². The average Bonchev–Trinajstić information content (AvgIpc) is 3.11. The van der Waals surface area contributed by atoms with Crippen molar-refractivity contribution in [1.82, 2.24) is 14.8 Å². The molecule has 0 N–H and O–H groups in total. The Morgan fingerprint density at radius 1 is 1.29 bits per heavy atom. The highest BCUT2D eigenvalue weighted by atomic mass is 32.2. The smallest absolute Gasteiger partial charge is 0.256 e. The third-order valence-corrected chi connectivity index (χ3v) is 5.22. The summed E-state index contributed by atoms with van der Waals surface area (Å²) < 4.78 is 5.29. The van der Waals surface area contributed by atoms with Crippen LogP contribution in [0.2, 0.25) is 0 Å². The maximum absolute atomic E-state index is 12.8. The molecule has 1 aromatic rings. The van der Waals surface area contributed by atoms with Crippen molar-refractivity contribution in [2.75, 3.05) is 56.9 Å². The number of morpholine rings is 1. The summed E-state index contributed by atoms with van der Waals surface area (Å²) in [6.07, 6.45) is 1.58. The molecule has 2 saturated heterocycles. The molecule has 0 aromatic carbocycles. The maximum Gasteiger partial charge on any atom is 0.256 e. The minimum absolute atomic E-state index is 0.0227. The van der Waals surface area contributed by atoms with E-state index in [1.807, 2.05) is 25.1 Å². The van der Waals surface area contributed by atoms with Crippen LogP contribution in [0, 0.1) is 0 Å². The predicted octanol–water partition coefficient (Wildman–Crippen LogP) is 0.522. The summed E-state index contributed by atoms with van der Waals surface area (Å²) in [6.45, 7) is 2.33. The summed E-state index contributed by atoms with van der Waals surface area (Å²) in [7, 11) is 3.80. The lowest BCUT2D eigenvalue weighted by Gasteiger charge is -2.32. The van der Waals surface area contributed by atoms with Gasteiger partial charge in [-0.2, -0.15) is 0 Å². The van der Waals surface area contributed by atoms with Gasteiger partial charge in [-0.15, -0.1) is 11.8 Å². The number of ether oxygens (including phenoxy) is 1. The average molecular weight is 350 g/mol. The molecule has 1 atom stereocenters. The van der Waals surface area contributed by atoms with Gasteiger partial charge in [0.2, 0.25) is 5.91 Å². The Hall–Kier alpha value is -1.80. The van der Waals surface area contributed by atoms with Crippen molar-refractivity contribution in [1.29, 1.82) is 0 Å². The summed E-state index contributed by atoms with van der Waals surface area (Å²) in [5, 5.41) is 0. The number of aromatic nitrogens is 1. The SMILES string of the molecule is CN(C)c1ccc(C(=O)N2CSC[C@@H]2C(=O)N2CCOCC2)cn1. The van der Waals surface area contributed by atoms with Crippen molar-refractivity contribution in [3.05, 3.63) is 23.9 Å². The fraction of sp³-hybridized carbons (Fsp3) is 0.562. The number of pyridine rings is 1. The molecule has 2 fully saturated rings. The number of nitrogens with zero attached hydrogens (tertiary/aromatic N) is 4. The van der Waals surface area contributed by atoms with Gasteiger partial charge in [0.05, 0.1) is 24.7 Å². The summed E-state index contributed by atoms with van der Waals surface area (Å²) in [4.78, 5) is 35.2. The van der Waals surface area contributed by atoms with Crippen LogP contribution in [-0.2, 0) is 9.53 Å². The molecular formula is C16H22N4O3S. The van der Waals surface area contributed by atoms with Gasteiger partial charge in [0.1, 0.15) is 11.9 Å². The highest BCUT2D eigenvalue weighted by Crippen LogP contribution is 2.25. The van der Waals surface area contributed by atoms with Gasteiger partial charge in [0, 0.05) is 39.1 Å². The van der Waals surface area contributed by atoms with Crippen LogP contribution >= 0.6 is 11.8 Å². The molecule has 0 saturated carbocycles. The summed E-state index contributed by atoms with van der Waals surface area (Å²) in [5.41, 5.74) is 0.517. The van der Waals surface area contributed by atoms with Crippen LogP contribution in [0.25, 0.3) is 0 Å². The number of thioether (sulfide) groups is 1. The molecule has 0 radical (unpaired) electrons. The Morgan fingerprint density at radius 2 is 2.04 bits per heavy atom. The first-order valence-corrected chi connectivity index (χ1v) is 9.12. The molecule has 2 aliphatic heterocycles. The normalized spacial score (nSPS) is 21.0. The molecule has 1 aromatic heterocycles. The Balaban J connectivity index is 1.72. The Morgan fingerprint density at radius 3 is 2.67 bits per heavy atom. The van der Waals surface area contributed by atoms with Crippen molar-refractivity contribution < 1.29 is 14.3 Å². The molecule has 8 heteroatoms. The van der Waals surface area contributed by atoms with Gasteiger partial charge in [0.15, 0.2) is 0 Å². The molecule has 0 spiro atoms. The largest absolute Gasteiger partial charge is 0.378 e. The van der Waals surface area contributed by atoms with Gasteiger partial charge in [0.25, 0.3) is 5.91 Å². The standard InChI is InChI=1S/C16H22N4O3S/c1-18(2)14-4-3-12(9-17-14)15(21)20-11-24-10-13(20)16(22)19-5-7-23-8-6-19/h3-4,9,13H,5-8,10-11H2,1-2H3/t13-/m1/s1. The van der Waals surface area contributed by atoms with Crippen molar-refractivity contribution in [2.24, 2.45) is 0 Å². The van der Waals surface area contributed by atoms with Crippen LogP contribution in [-0.4, -0.2) is 84.7 Å². The van der Waals surface area contributed by atoms with Crippen molar-refractivity contribution in [2.45, 2.75) is 6.04 Å². The molecule has 2 aliphatic rings. The summed E-state index contributed by atoms with van der Waals surface area (Å²) >= 11 is 1.61. The zero-order chi connectivity index (χ0) is 17.1. The van der Waals surface area contributed by atoms with Gasteiger partial charge in [-0.1, -0.05) is 0 Å². The third-order valence-electron chi connectivity index (χ3n) is 4.20. The van der Waals surface area contributed by atoms with E-state index in [0.29, 0.717) is 43.5 Å². The Kier molecular flexibility index (Phi) is 5.25. The minimum atomic E-state index is -0.394. The number of hydrogen-bond donors (Lipinski definition) is 0. The van der Waals surface area contributed by atoms with Crippen molar-refractivity contribution in [3.8, 4) is 0 Å². The molecule has 130 valence electrons. The number of anilines is 1. The second kappa shape index (κ2) is 7.40. The third kappa shape index (κ3) is 3.49. The lowest BCUT2D eigenvalue weighted by molar-refractivity contribution is -0.138. The van der Waals surface area contributed by atoms with E-state index in [-0.39, 0.29) is 11.8 Å². The zero-order valence-corrected chi connectivity index (χ0v) is 14.8. The highest BCUT2D eigenvalue weighted by molar-refractivity contribution is 7.99. The molecule has 0 bridgehead atoms. The van der Waals surface area contributed by atoms with Crippen LogP contribution in [0.15, 0.2) is 18.3 Å². The van der Waals surface area contributed by atoms with Gasteiger partial charge >= 0.3 is 0 Å². The first-order valence-electron chi connectivity index (χ1n) is 7.96. The molecular weight excluding hydrogens is 328 g/mol. The highest BCUT2D eigenvalue weighted by Gasteiger charge is 2.37. The van der Waals surface area contributed by atoms with Gasteiger partial charge < -0.3 is 19.4 Å². The van der Waals surface area contributed by atoms with E-state index in [2.05, 4.69) is 4.98 Å². The van der Waals surface area contributed by atoms with E-state index in [9.17, 15) is 9.59 Å². The second-order valence-electron chi connectivity index (χ2n) is 6.03. The number of carbonyl (C=O) groups is 2. The van der Waals surface area contributed by atoms with E-state index >= 15 is 0 Å². The quantitative estimate of drug-likeness (QED) is 0.792. The predicted molar refractivity (Wildman–Crippen MR) is 93.2 cm³/mol. The number of carbonyl (C=O) groups excluding carboxylic acids is 2. The van der Waals surface area contributed by atoms with E-state index in [1.54, 1.807) is 33.8 Å². The summed E-state index contributed by atoms with van der Waals surface area (Å²) in [6, 6.07) is 3.19. The lowest BCUT2D eigenvalue weighted by Crippen LogP contribution is -2.52. The molecule has 3 heterocycles. The molecule has 3 rings (SSSR count). The van der Waals surface area contributed by atoms with Crippen LogP contribution in [0.5, 0.6) is 0 Å². The van der Waals surface area contributed by atoms with Crippen LogP contribution in [0.1, 0.15) is 10.4 Å². The van der Waals surface area contributed by atoms with Gasteiger partial charge in [-0.25, -0.2) is 4.98 Å². The minimum Gasteiger partial charge on any atom is -0.378 e. The maximum atomic E-state index is 12.8. The fourth-order valence-corrected chi connectivity index (χ4v) is 3.93. The first kappa shape index (κ1) is 17.0. The first-order chi connectivity index (χ1) is 11.6. The summed E-state index contributed by atoms with van der Waals surface area (Å²) in [5.74, 6) is 1.86. The van der Waals surface area contributed by atoms with Gasteiger partial charge in [-0.3, -0.25) is 9.59 Å². The topological polar surface area (TPSA) is 66.0 Å². The second-order valence-corrected chi connectivity index (χ2v) is 7.03. The van der Waals surface area contributed by atoms with Crippen molar-refractivity contribution in [3.63, 3.8) is 0 Å². The van der Waals surface area contributed by atoms with Crippen LogP contribution in [0.3, 0.4) is 0 Å². The monoisotopic (exact) mass is 350 g/mol. The molecule has 2 amide bonds. The Bertz CT molecular complexity index is 602. The molecule has 0 unspecified atom stereocenters. The van der Waals surface area contributed by atoms with E-state index in [0.717, 1.165) is 5.82 Å². The molecule has 7 nitrogen and oxygen atoms in total.